The Hall–Kier alpha value is -1.34. The lowest BCUT2D eigenvalue weighted by Gasteiger charge is -2.43. The minimum atomic E-state index is -0.708. The standard InChI is InChI=1S/C14H25N3O4/c1-13(2,3)21-12(19)16-5-7-17(8-6-16)14(11(15)18)4-9-20-10-14/h4-10H2,1-3H3,(H2,15,18). The lowest BCUT2D eigenvalue weighted by molar-refractivity contribution is -0.131. The monoisotopic (exact) mass is 299 g/mol. The summed E-state index contributed by atoms with van der Waals surface area (Å²) >= 11 is 0. The molecule has 0 aromatic heterocycles. The summed E-state index contributed by atoms with van der Waals surface area (Å²) in [4.78, 5) is 27.6. The SMILES string of the molecule is CC(C)(C)OC(=O)N1CCN(C2(C(N)=O)CCOC2)CC1. The van der Waals surface area contributed by atoms with Crippen LogP contribution >= 0.6 is 0 Å². The third-order valence-corrected chi connectivity index (χ3v) is 4.00. The molecule has 2 aliphatic rings. The summed E-state index contributed by atoms with van der Waals surface area (Å²) < 4.78 is 10.7. The van der Waals surface area contributed by atoms with Crippen LogP contribution in [-0.2, 0) is 14.3 Å². The van der Waals surface area contributed by atoms with E-state index in [0.717, 1.165) is 0 Å². The number of rotatable bonds is 2. The Labute approximate surface area is 125 Å². The molecule has 0 aromatic rings. The van der Waals surface area contributed by atoms with Gasteiger partial charge >= 0.3 is 6.09 Å². The Morgan fingerprint density at radius 2 is 1.81 bits per heavy atom. The molecule has 2 fully saturated rings. The Kier molecular flexibility index (Phi) is 4.43. The maximum absolute atomic E-state index is 12.0. The van der Waals surface area contributed by atoms with Gasteiger partial charge in [0.2, 0.25) is 5.91 Å². The number of carbonyl (C=O) groups excluding carboxylic acids is 2. The second kappa shape index (κ2) is 5.81. The zero-order chi connectivity index (χ0) is 15.7. The average molecular weight is 299 g/mol. The van der Waals surface area contributed by atoms with Crippen LogP contribution in [0.3, 0.4) is 0 Å². The smallest absolute Gasteiger partial charge is 0.410 e. The first kappa shape index (κ1) is 16.0. The van der Waals surface area contributed by atoms with Gasteiger partial charge in [-0.2, -0.15) is 0 Å². The maximum atomic E-state index is 12.0. The van der Waals surface area contributed by atoms with Crippen molar-refractivity contribution in [3.63, 3.8) is 0 Å². The molecular weight excluding hydrogens is 274 g/mol. The summed E-state index contributed by atoms with van der Waals surface area (Å²) in [5.74, 6) is -0.342. The summed E-state index contributed by atoms with van der Waals surface area (Å²) in [6.07, 6.45) is 0.312. The van der Waals surface area contributed by atoms with Gasteiger partial charge in [0.1, 0.15) is 11.1 Å². The Bertz CT molecular complexity index is 405. The molecule has 0 aromatic carbocycles. The van der Waals surface area contributed by atoms with E-state index in [0.29, 0.717) is 45.8 Å². The van der Waals surface area contributed by atoms with Crippen LogP contribution in [0.4, 0.5) is 4.79 Å². The highest BCUT2D eigenvalue weighted by molar-refractivity contribution is 5.85. The van der Waals surface area contributed by atoms with E-state index in [1.54, 1.807) is 4.90 Å². The van der Waals surface area contributed by atoms with Gasteiger partial charge < -0.3 is 20.1 Å². The van der Waals surface area contributed by atoms with E-state index in [4.69, 9.17) is 15.2 Å². The van der Waals surface area contributed by atoms with Crippen LogP contribution < -0.4 is 5.73 Å². The van der Waals surface area contributed by atoms with Gasteiger partial charge in [-0.15, -0.1) is 0 Å². The largest absolute Gasteiger partial charge is 0.444 e. The van der Waals surface area contributed by atoms with E-state index in [1.807, 2.05) is 25.7 Å². The van der Waals surface area contributed by atoms with Crippen molar-refractivity contribution in [3.05, 3.63) is 0 Å². The summed E-state index contributed by atoms with van der Waals surface area (Å²) in [6.45, 7) is 8.70. The van der Waals surface area contributed by atoms with Gasteiger partial charge in [-0.05, 0) is 20.8 Å². The van der Waals surface area contributed by atoms with Crippen molar-refractivity contribution in [1.82, 2.24) is 9.80 Å². The average Bonchev–Trinajstić information content (AvgIpc) is 2.87. The van der Waals surface area contributed by atoms with Gasteiger partial charge in [-0.25, -0.2) is 4.79 Å². The third-order valence-electron chi connectivity index (χ3n) is 4.00. The minimum Gasteiger partial charge on any atom is -0.444 e. The van der Waals surface area contributed by atoms with Gasteiger partial charge in [-0.1, -0.05) is 0 Å². The molecule has 1 unspecified atom stereocenters. The van der Waals surface area contributed by atoms with Crippen LogP contribution in [0.2, 0.25) is 0 Å². The summed E-state index contributed by atoms with van der Waals surface area (Å²) in [6, 6.07) is 0. The lowest BCUT2D eigenvalue weighted by atomic mass is 9.94. The summed E-state index contributed by atoms with van der Waals surface area (Å²) in [5, 5.41) is 0. The first-order valence-electron chi connectivity index (χ1n) is 7.35. The topological polar surface area (TPSA) is 85.1 Å². The van der Waals surface area contributed by atoms with Crippen molar-refractivity contribution in [2.45, 2.75) is 38.3 Å². The van der Waals surface area contributed by atoms with E-state index in [1.165, 1.54) is 0 Å². The highest BCUT2D eigenvalue weighted by atomic mass is 16.6. The number of primary amides is 1. The van der Waals surface area contributed by atoms with Crippen molar-refractivity contribution in [1.29, 1.82) is 0 Å². The quantitative estimate of drug-likeness (QED) is 0.786. The molecule has 0 bridgehead atoms. The number of nitrogens with zero attached hydrogens (tertiary/aromatic N) is 2. The Morgan fingerprint density at radius 1 is 1.19 bits per heavy atom. The van der Waals surface area contributed by atoms with Crippen LogP contribution in [0, 0.1) is 0 Å². The fourth-order valence-corrected chi connectivity index (χ4v) is 2.80. The fraction of sp³-hybridized carbons (Fsp3) is 0.857. The van der Waals surface area contributed by atoms with E-state index < -0.39 is 11.1 Å². The molecule has 7 nitrogen and oxygen atoms in total. The predicted octanol–water partition coefficient (Wildman–Crippen LogP) is 0.184. The molecule has 120 valence electrons. The highest BCUT2D eigenvalue weighted by Crippen LogP contribution is 2.27. The Balaban J connectivity index is 1.94. The zero-order valence-corrected chi connectivity index (χ0v) is 13.1. The number of piperazine rings is 1. The molecule has 1 atom stereocenters. The fourth-order valence-electron chi connectivity index (χ4n) is 2.80. The normalized spacial score (nSPS) is 27.7. The van der Waals surface area contributed by atoms with Crippen molar-refractivity contribution in [3.8, 4) is 0 Å². The first-order chi connectivity index (χ1) is 9.74. The van der Waals surface area contributed by atoms with E-state index in [9.17, 15) is 9.59 Å². The third kappa shape index (κ3) is 3.47. The molecule has 0 aliphatic carbocycles. The molecule has 2 aliphatic heterocycles. The van der Waals surface area contributed by atoms with Crippen molar-refractivity contribution >= 4 is 12.0 Å². The molecule has 2 rings (SSSR count). The molecular formula is C14H25N3O4. The van der Waals surface area contributed by atoms with Gasteiger partial charge in [0.05, 0.1) is 6.61 Å². The van der Waals surface area contributed by atoms with Gasteiger partial charge in [0, 0.05) is 39.2 Å². The van der Waals surface area contributed by atoms with Crippen LogP contribution in [0.5, 0.6) is 0 Å². The van der Waals surface area contributed by atoms with Gasteiger partial charge in [0.15, 0.2) is 0 Å². The molecule has 2 heterocycles. The summed E-state index contributed by atoms with van der Waals surface area (Å²) in [5.41, 5.74) is 4.37. The number of hydrogen-bond acceptors (Lipinski definition) is 5. The number of nitrogens with two attached hydrogens (primary N) is 1. The molecule has 7 heteroatoms. The number of amides is 2. The zero-order valence-electron chi connectivity index (χ0n) is 13.1. The molecule has 0 saturated carbocycles. The first-order valence-corrected chi connectivity index (χ1v) is 7.35. The molecule has 0 spiro atoms. The predicted molar refractivity (Wildman–Crippen MR) is 76.7 cm³/mol. The van der Waals surface area contributed by atoms with Crippen molar-refractivity contribution in [2.24, 2.45) is 5.73 Å². The highest BCUT2D eigenvalue weighted by Gasteiger charge is 2.47. The Morgan fingerprint density at radius 3 is 2.24 bits per heavy atom. The number of ether oxygens (including phenoxy) is 2. The molecule has 21 heavy (non-hydrogen) atoms. The van der Waals surface area contributed by atoms with Crippen LogP contribution in [0.25, 0.3) is 0 Å². The van der Waals surface area contributed by atoms with Crippen LogP contribution in [0.1, 0.15) is 27.2 Å². The molecule has 2 saturated heterocycles. The molecule has 2 N–H and O–H groups in total. The van der Waals surface area contributed by atoms with Gasteiger partial charge in [-0.3, -0.25) is 9.69 Å². The van der Waals surface area contributed by atoms with Crippen molar-refractivity contribution < 1.29 is 19.1 Å². The van der Waals surface area contributed by atoms with E-state index in [2.05, 4.69) is 0 Å². The number of carbonyl (C=O) groups is 2. The molecule has 0 radical (unpaired) electrons. The number of hydrogen-bond donors (Lipinski definition) is 1. The maximum Gasteiger partial charge on any atom is 0.410 e. The second-order valence-electron chi connectivity index (χ2n) is 6.65. The minimum absolute atomic E-state index is 0.307. The van der Waals surface area contributed by atoms with Gasteiger partial charge in [0.25, 0.3) is 0 Å². The van der Waals surface area contributed by atoms with E-state index in [-0.39, 0.29) is 12.0 Å². The van der Waals surface area contributed by atoms with Crippen LogP contribution in [0.15, 0.2) is 0 Å². The van der Waals surface area contributed by atoms with Crippen LogP contribution in [-0.4, -0.2) is 72.3 Å². The summed E-state index contributed by atoms with van der Waals surface area (Å²) in [7, 11) is 0. The molecule has 2 amide bonds. The van der Waals surface area contributed by atoms with Crippen molar-refractivity contribution in [2.75, 3.05) is 39.4 Å². The lowest BCUT2D eigenvalue weighted by Crippen LogP contribution is -2.63. The van der Waals surface area contributed by atoms with E-state index >= 15 is 0 Å². The second-order valence-corrected chi connectivity index (χ2v) is 6.65.